The van der Waals surface area contributed by atoms with E-state index in [1.54, 1.807) is 30.6 Å². The molecule has 1 aromatic carbocycles. The van der Waals surface area contributed by atoms with E-state index in [4.69, 9.17) is 0 Å². The summed E-state index contributed by atoms with van der Waals surface area (Å²) in [5, 5.41) is 10.2. The Labute approximate surface area is 143 Å². The topological polar surface area (TPSA) is 79.3 Å². The quantitative estimate of drug-likeness (QED) is 0.821. The van der Waals surface area contributed by atoms with E-state index in [1.165, 1.54) is 15.6 Å². The van der Waals surface area contributed by atoms with Crippen molar-refractivity contribution in [1.29, 1.82) is 0 Å². The van der Waals surface area contributed by atoms with Crippen molar-refractivity contribution in [3.8, 4) is 5.69 Å². The van der Waals surface area contributed by atoms with Gasteiger partial charge in [0.25, 0.3) is 5.91 Å². The number of carbonyl (C=O) groups is 2. The third-order valence-electron chi connectivity index (χ3n) is 4.78. The monoisotopic (exact) mass is 343 g/mol. The van der Waals surface area contributed by atoms with Crippen LogP contribution in [-0.2, 0) is 11.3 Å². The molecule has 8 heteroatoms. The van der Waals surface area contributed by atoms with E-state index in [2.05, 4.69) is 15.7 Å². The molecule has 1 spiro atoms. The summed E-state index contributed by atoms with van der Waals surface area (Å²) >= 11 is 0. The van der Waals surface area contributed by atoms with Gasteiger partial charge in [0, 0.05) is 11.8 Å². The fourth-order valence-electron chi connectivity index (χ4n) is 3.41. The van der Waals surface area contributed by atoms with E-state index in [-0.39, 0.29) is 24.3 Å². The highest BCUT2D eigenvalue weighted by atomic mass is 19.1. The number of para-hydroxylation sites is 1. The molecule has 1 aromatic heterocycles. The Hall–Kier alpha value is -2.74. The van der Waals surface area contributed by atoms with Crippen molar-refractivity contribution in [1.82, 2.24) is 25.3 Å². The molecule has 0 unspecified atom stereocenters. The lowest BCUT2D eigenvalue weighted by Crippen LogP contribution is -2.53. The molecule has 2 aliphatic rings. The zero-order chi connectivity index (χ0) is 17.4. The first kappa shape index (κ1) is 15.8. The van der Waals surface area contributed by atoms with Gasteiger partial charge < -0.3 is 10.6 Å². The Morgan fingerprint density at radius 1 is 1.20 bits per heavy atom. The molecule has 2 saturated heterocycles. The van der Waals surface area contributed by atoms with Gasteiger partial charge in [0.2, 0.25) is 0 Å². The summed E-state index contributed by atoms with van der Waals surface area (Å²) in [7, 11) is 0. The lowest BCUT2D eigenvalue weighted by atomic mass is 9.88. The fraction of sp³-hybridized carbons (Fsp3) is 0.353. The Morgan fingerprint density at radius 3 is 2.72 bits per heavy atom. The normalized spacial score (nSPS) is 19.5. The van der Waals surface area contributed by atoms with E-state index in [0.717, 1.165) is 0 Å². The predicted octanol–water partition coefficient (Wildman–Crippen LogP) is 1.19. The molecule has 0 radical (unpaired) electrons. The fourth-order valence-corrected chi connectivity index (χ4v) is 3.41. The van der Waals surface area contributed by atoms with E-state index in [0.29, 0.717) is 37.2 Å². The number of amides is 3. The molecule has 4 rings (SSSR count). The Balaban J connectivity index is 1.54. The Kier molecular flexibility index (Phi) is 3.76. The van der Waals surface area contributed by atoms with Gasteiger partial charge in [-0.1, -0.05) is 12.1 Å². The number of urea groups is 1. The van der Waals surface area contributed by atoms with Crippen LogP contribution in [0.25, 0.3) is 5.69 Å². The van der Waals surface area contributed by atoms with Gasteiger partial charge in [-0.15, -0.1) is 0 Å². The van der Waals surface area contributed by atoms with E-state index in [9.17, 15) is 14.0 Å². The van der Waals surface area contributed by atoms with Crippen LogP contribution >= 0.6 is 0 Å². The van der Waals surface area contributed by atoms with Gasteiger partial charge in [-0.3, -0.25) is 9.69 Å². The molecular weight excluding hydrogens is 325 g/mol. The molecule has 0 atom stereocenters. The third kappa shape index (κ3) is 2.68. The second-order valence-corrected chi connectivity index (χ2v) is 6.40. The lowest BCUT2D eigenvalue weighted by molar-refractivity contribution is -0.132. The van der Waals surface area contributed by atoms with Crippen LogP contribution in [0.4, 0.5) is 9.18 Å². The molecule has 2 aliphatic heterocycles. The molecule has 0 aliphatic carbocycles. The SMILES string of the molecule is O=C1NC2(CCNCC2)C(=O)N1Cc1cnn(-c2ccccc2F)c1. The van der Waals surface area contributed by atoms with Gasteiger partial charge in [-0.2, -0.15) is 5.10 Å². The number of imide groups is 1. The van der Waals surface area contributed by atoms with Crippen LogP contribution < -0.4 is 10.6 Å². The van der Waals surface area contributed by atoms with Gasteiger partial charge in [0.1, 0.15) is 17.0 Å². The lowest BCUT2D eigenvalue weighted by Gasteiger charge is -2.31. The largest absolute Gasteiger partial charge is 0.325 e. The molecule has 7 nitrogen and oxygen atoms in total. The van der Waals surface area contributed by atoms with Gasteiger partial charge in [-0.05, 0) is 38.1 Å². The number of aromatic nitrogens is 2. The number of nitrogens with one attached hydrogen (secondary N) is 2. The van der Waals surface area contributed by atoms with Crippen LogP contribution in [0.5, 0.6) is 0 Å². The average molecular weight is 343 g/mol. The van der Waals surface area contributed by atoms with Crippen LogP contribution in [0.3, 0.4) is 0 Å². The van der Waals surface area contributed by atoms with Crippen molar-refractivity contribution in [2.24, 2.45) is 0 Å². The van der Waals surface area contributed by atoms with Crippen molar-refractivity contribution >= 4 is 11.9 Å². The zero-order valence-corrected chi connectivity index (χ0v) is 13.5. The molecule has 2 N–H and O–H groups in total. The second-order valence-electron chi connectivity index (χ2n) is 6.40. The van der Waals surface area contributed by atoms with Crippen molar-refractivity contribution < 1.29 is 14.0 Å². The molecule has 130 valence electrons. The van der Waals surface area contributed by atoms with Crippen molar-refractivity contribution in [2.45, 2.75) is 24.9 Å². The summed E-state index contributed by atoms with van der Waals surface area (Å²) < 4.78 is 15.3. The van der Waals surface area contributed by atoms with Gasteiger partial charge in [0.05, 0.1) is 12.7 Å². The van der Waals surface area contributed by atoms with Crippen LogP contribution in [0.1, 0.15) is 18.4 Å². The number of benzene rings is 1. The zero-order valence-electron chi connectivity index (χ0n) is 13.5. The third-order valence-corrected chi connectivity index (χ3v) is 4.78. The predicted molar refractivity (Wildman–Crippen MR) is 87.4 cm³/mol. The second kappa shape index (κ2) is 5.96. The van der Waals surface area contributed by atoms with Crippen molar-refractivity contribution in [3.05, 3.63) is 48.0 Å². The molecule has 0 saturated carbocycles. The average Bonchev–Trinajstić information content (AvgIpc) is 3.16. The number of rotatable bonds is 3. The van der Waals surface area contributed by atoms with Gasteiger partial charge in [-0.25, -0.2) is 13.9 Å². The minimum Gasteiger partial charge on any atom is -0.323 e. The summed E-state index contributed by atoms with van der Waals surface area (Å²) in [5.74, 6) is -0.585. The molecule has 3 heterocycles. The smallest absolute Gasteiger partial charge is 0.323 e. The van der Waals surface area contributed by atoms with Crippen LogP contribution in [0, 0.1) is 5.82 Å². The number of nitrogens with zero attached hydrogens (tertiary/aromatic N) is 3. The first-order valence-corrected chi connectivity index (χ1v) is 8.22. The van der Waals surface area contributed by atoms with E-state index >= 15 is 0 Å². The molecule has 3 amide bonds. The highest BCUT2D eigenvalue weighted by Gasteiger charge is 2.51. The van der Waals surface area contributed by atoms with Gasteiger partial charge >= 0.3 is 6.03 Å². The summed E-state index contributed by atoms with van der Waals surface area (Å²) in [6, 6.07) is 5.91. The van der Waals surface area contributed by atoms with E-state index in [1.807, 2.05) is 0 Å². The Bertz CT molecular complexity index is 828. The number of hydrogen-bond donors (Lipinski definition) is 2. The highest BCUT2D eigenvalue weighted by molar-refractivity contribution is 6.07. The van der Waals surface area contributed by atoms with Crippen LogP contribution in [0.15, 0.2) is 36.7 Å². The maximum Gasteiger partial charge on any atom is 0.325 e. The molecular formula is C17H18FN5O2. The minimum absolute atomic E-state index is 0.119. The molecule has 2 aromatic rings. The summed E-state index contributed by atoms with van der Waals surface area (Å²) in [6.45, 7) is 1.52. The van der Waals surface area contributed by atoms with Crippen molar-refractivity contribution in [3.63, 3.8) is 0 Å². The van der Waals surface area contributed by atoms with Crippen molar-refractivity contribution in [2.75, 3.05) is 13.1 Å². The maximum atomic E-state index is 13.9. The van der Waals surface area contributed by atoms with Crippen LogP contribution in [-0.4, -0.2) is 45.2 Å². The number of halogens is 1. The number of piperidine rings is 1. The Morgan fingerprint density at radius 2 is 1.96 bits per heavy atom. The van der Waals surface area contributed by atoms with E-state index < -0.39 is 5.54 Å². The first-order valence-electron chi connectivity index (χ1n) is 8.22. The molecule has 25 heavy (non-hydrogen) atoms. The summed E-state index contributed by atoms with van der Waals surface area (Å²) in [6.07, 6.45) is 4.35. The first-order chi connectivity index (χ1) is 12.1. The summed E-state index contributed by atoms with van der Waals surface area (Å²) in [5.41, 5.74) is 0.197. The highest BCUT2D eigenvalue weighted by Crippen LogP contribution is 2.28. The summed E-state index contributed by atoms with van der Waals surface area (Å²) in [4.78, 5) is 26.3. The molecule has 2 fully saturated rings. The minimum atomic E-state index is -0.788. The standard InChI is InChI=1S/C17H18FN5O2/c18-13-3-1-2-4-14(13)23-11-12(9-20-23)10-22-15(24)17(21-16(22)25)5-7-19-8-6-17/h1-4,9,11,19H,5-8,10H2,(H,21,25). The number of hydrogen-bond acceptors (Lipinski definition) is 4. The number of carbonyl (C=O) groups excluding carboxylic acids is 2. The maximum absolute atomic E-state index is 13.9. The van der Waals surface area contributed by atoms with Crippen LogP contribution in [0.2, 0.25) is 0 Å². The molecule has 0 bridgehead atoms. The van der Waals surface area contributed by atoms with Gasteiger partial charge in [0.15, 0.2) is 0 Å².